The number of carbonyl (C=O) groups is 1. The van der Waals surface area contributed by atoms with E-state index >= 15 is 0 Å². The number of fused-ring (bicyclic) bond motifs is 1. The van der Waals surface area contributed by atoms with Crippen molar-refractivity contribution >= 4 is 16.9 Å². The Labute approximate surface area is 200 Å². The van der Waals surface area contributed by atoms with Crippen LogP contribution in [0.15, 0.2) is 60.8 Å². The third-order valence-corrected chi connectivity index (χ3v) is 6.24. The number of aryl methyl sites for hydroxylation is 2. The molecule has 1 atom stereocenters. The molecule has 176 valence electrons. The average Bonchev–Trinajstić information content (AvgIpc) is 3.16. The van der Waals surface area contributed by atoms with Crippen LogP contribution in [0.4, 0.5) is 4.39 Å². The molecule has 0 saturated carbocycles. The Morgan fingerprint density at radius 1 is 1.09 bits per heavy atom. The standard InChI is InChI=1S/C28H31FN4O/c1-4-7-25(28(34)31-15-13-23-8-5-6-14-30-23)33-26-17-20(3)19(2)16-24(26)32-27(33)18-21-9-11-22(29)12-10-21/h5-6,8-12,14,16-17,25H,4,7,13,15,18H2,1-3H3,(H,31,34)/t25-/m0/s1. The Balaban J connectivity index is 1.67. The van der Waals surface area contributed by atoms with Crippen LogP contribution in [0, 0.1) is 19.7 Å². The minimum Gasteiger partial charge on any atom is -0.354 e. The number of rotatable bonds is 9. The number of pyridine rings is 1. The van der Waals surface area contributed by atoms with Gasteiger partial charge in [-0.05, 0) is 73.4 Å². The molecule has 4 rings (SSSR count). The van der Waals surface area contributed by atoms with E-state index in [1.165, 1.54) is 12.1 Å². The highest BCUT2D eigenvalue weighted by atomic mass is 19.1. The molecule has 0 bridgehead atoms. The van der Waals surface area contributed by atoms with Gasteiger partial charge in [0.2, 0.25) is 5.91 Å². The maximum atomic E-state index is 13.5. The van der Waals surface area contributed by atoms with Gasteiger partial charge in [0, 0.05) is 31.3 Å². The molecule has 34 heavy (non-hydrogen) atoms. The van der Waals surface area contributed by atoms with E-state index in [9.17, 15) is 9.18 Å². The normalized spacial score (nSPS) is 12.1. The summed E-state index contributed by atoms with van der Waals surface area (Å²) in [6, 6.07) is 16.1. The number of imidazole rings is 1. The zero-order valence-electron chi connectivity index (χ0n) is 20.0. The van der Waals surface area contributed by atoms with Crippen LogP contribution in [0.1, 0.15) is 54.0 Å². The lowest BCUT2D eigenvalue weighted by Crippen LogP contribution is -2.34. The lowest BCUT2D eigenvalue weighted by Gasteiger charge is -2.21. The molecular formula is C28H31FN4O. The van der Waals surface area contributed by atoms with Gasteiger partial charge in [0.05, 0.1) is 11.0 Å². The second kappa shape index (κ2) is 10.6. The SMILES string of the molecule is CCC[C@@H](C(=O)NCCc1ccccn1)n1c(Cc2ccc(F)cc2)nc2cc(C)c(C)cc21. The fraction of sp³-hybridized carbons (Fsp3) is 0.321. The summed E-state index contributed by atoms with van der Waals surface area (Å²) in [5, 5.41) is 3.12. The molecule has 5 nitrogen and oxygen atoms in total. The second-order valence-electron chi connectivity index (χ2n) is 8.79. The summed E-state index contributed by atoms with van der Waals surface area (Å²) >= 11 is 0. The molecule has 0 spiro atoms. The lowest BCUT2D eigenvalue weighted by atomic mass is 10.1. The number of nitrogens with one attached hydrogen (secondary N) is 1. The van der Waals surface area contributed by atoms with E-state index < -0.39 is 0 Å². The van der Waals surface area contributed by atoms with Gasteiger partial charge in [0.25, 0.3) is 0 Å². The van der Waals surface area contributed by atoms with Crippen LogP contribution in [-0.2, 0) is 17.6 Å². The van der Waals surface area contributed by atoms with Crippen molar-refractivity contribution in [3.05, 3.63) is 94.8 Å². The monoisotopic (exact) mass is 458 g/mol. The van der Waals surface area contributed by atoms with E-state index in [2.05, 4.69) is 47.8 Å². The quantitative estimate of drug-likeness (QED) is 0.361. The van der Waals surface area contributed by atoms with Gasteiger partial charge in [-0.1, -0.05) is 31.5 Å². The molecule has 1 amide bonds. The van der Waals surface area contributed by atoms with E-state index in [1.54, 1.807) is 18.3 Å². The fourth-order valence-corrected chi connectivity index (χ4v) is 4.29. The van der Waals surface area contributed by atoms with E-state index in [4.69, 9.17) is 4.98 Å². The van der Waals surface area contributed by atoms with Crippen molar-refractivity contribution in [3.63, 3.8) is 0 Å². The van der Waals surface area contributed by atoms with Crippen molar-refractivity contribution in [2.45, 2.75) is 52.5 Å². The third-order valence-electron chi connectivity index (χ3n) is 6.24. The predicted octanol–water partition coefficient (Wildman–Crippen LogP) is 5.48. The first-order valence-corrected chi connectivity index (χ1v) is 11.9. The highest BCUT2D eigenvalue weighted by Crippen LogP contribution is 2.28. The summed E-state index contributed by atoms with van der Waals surface area (Å²) in [6.07, 6.45) is 4.52. The van der Waals surface area contributed by atoms with Crippen LogP contribution < -0.4 is 5.32 Å². The molecule has 0 saturated heterocycles. The maximum Gasteiger partial charge on any atom is 0.243 e. The van der Waals surface area contributed by atoms with Crippen molar-refractivity contribution in [2.24, 2.45) is 0 Å². The second-order valence-corrected chi connectivity index (χ2v) is 8.79. The van der Waals surface area contributed by atoms with Gasteiger partial charge in [0.1, 0.15) is 17.7 Å². The van der Waals surface area contributed by atoms with Crippen molar-refractivity contribution < 1.29 is 9.18 Å². The largest absolute Gasteiger partial charge is 0.354 e. The molecule has 4 aromatic rings. The van der Waals surface area contributed by atoms with Gasteiger partial charge in [-0.25, -0.2) is 9.37 Å². The van der Waals surface area contributed by atoms with Gasteiger partial charge < -0.3 is 9.88 Å². The topological polar surface area (TPSA) is 59.8 Å². The highest BCUT2D eigenvalue weighted by Gasteiger charge is 2.25. The molecule has 0 radical (unpaired) electrons. The van der Waals surface area contributed by atoms with Gasteiger partial charge in [0.15, 0.2) is 0 Å². The first-order valence-electron chi connectivity index (χ1n) is 11.9. The molecule has 0 fully saturated rings. The van der Waals surface area contributed by atoms with E-state index in [1.807, 2.05) is 18.2 Å². The number of benzene rings is 2. The van der Waals surface area contributed by atoms with Gasteiger partial charge >= 0.3 is 0 Å². The Morgan fingerprint density at radius 2 is 1.85 bits per heavy atom. The van der Waals surface area contributed by atoms with Crippen LogP contribution in [0.5, 0.6) is 0 Å². The minimum absolute atomic E-state index is 0.0179. The zero-order valence-corrected chi connectivity index (χ0v) is 20.0. The molecule has 0 unspecified atom stereocenters. The maximum absolute atomic E-state index is 13.5. The molecule has 1 N–H and O–H groups in total. The third kappa shape index (κ3) is 5.33. The first kappa shape index (κ1) is 23.6. The molecule has 2 heterocycles. The number of nitrogens with zero attached hydrogens (tertiary/aromatic N) is 3. The Kier molecular flexibility index (Phi) is 7.36. The smallest absolute Gasteiger partial charge is 0.243 e. The number of aromatic nitrogens is 3. The summed E-state index contributed by atoms with van der Waals surface area (Å²) in [7, 11) is 0. The van der Waals surface area contributed by atoms with Crippen molar-refractivity contribution in [1.29, 1.82) is 0 Å². The number of hydrogen-bond acceptors (Lipinski definition) is 3. The van der Waals surface area contributed by atoms with Crippen molar-refractivity contribution in [3.8, 4) is 0 Å². The molecular weight excluding hydrogens is 427 g/mol. The van der Waals surface area contributed by atoms with Crippen LogP contribution in [0.2, 0.25) is 0 Å². The predicted molar refractivity (Wildman–Crippen MR) is 133 cm³/mol. The molecule has 2 aromatic heterocycles. The first-order chi connectivity index (χ1) is 16.5. The number of amides is 1. The van der Waals surface area contributed by atoms with Crippen LogP contribution in [0.3, 0.4) is 0 Å². The van der Waals surface area contributed by atoms with E-state index in [0.29, 0.717) is 25.8 Å². The van der Waals surface area contributed by atoms with Gasteiger partial charge in [-0.3, -0.25) is 9.78 Å². The van der Waals surface area contributed by atoms with Crippen LogP contribution >= 0.6 is 0 Å². The number of halogens is 1. The molecule has 2 aromatic carbocycles. The molecule has 0 aliphatic carbocycles. The average molecular weight is 459 g/mol. The van der Waals surface area contributed by atoms with Crippen LogP contribution in [0.25, 0.3) is 11.0 Å². The Bertz CT molecular complexity index is 1270. The Morgan fingerprint density at radius 3 is 2.56 bits per heavy atom. The van der Waals surface area contributed by atoms with E-state index in [-0.39, 0.29) is 17.8 Å². The number of hydrogen-bond donors (Lipinski definition) is 1. The lowest BCUT2D eigenvalue weighted by molar-refractivity contribution is -0.124. The summed E-state index contributed by atoms with van der Waals surface area (Å²) in [5.41, 5.74) is 6.06. The summed E-state index contributed by atoms with van der Waals surface area (Å²) in [6.45, 7) is 6.76. The van der Waals surface area contributed by atoms with E-state index in [0.717, 1.165) is 45.7 Å². The molecule has 6 heteroatoms. The zero-order chi connectivity index (χ0) is 24.1. The summed E-state index contributed by atoms with van der Waals surface area (Å²) in [4.78, 5) is 22.7. The highest BCUT2D eigenvalue weighted by molar-refractivity contribution is 5.85. The summed E-state index contributed by atoms with van der Waals surface area (Å²) < 4.78 is 15.5. The van der Waals surface area contributed by atoms with Gasteiger partial charge in [-0.15, -0.1) is 0 Å². The van der Waals surface area contributed by atoms with Gasteiger partial charge in [-0.2, -0.15) is 0 Å². The fourth-order valence-electron chi connectivity index (χ4n) is 4.29. The summed E-state index contributed by atoms with van der Waals surface area (Å²) in [5.74, 6) is 0.528. The number of carbonyl (C=O) groups excluding carboxylic acids is 1. The van der Waals surface area contributed by atoms with Crippen molar-refractivity contribution in [1.82, 2.24) is 19.9 Å². The minimum atomic E-state index is -0.378. The Hall–Kier alpha value is -3.54. The molecule has 0 aliphatic rings. The van der Waals surface area contributed by atoms with Crippen molar-refractivity contribution in [2.75, 3.05) is 6.54 Å². The molecule has 0 aliphatic heterocycles. The van der Waals surface area contributed by atoms with Crippen LogP contribution in [-0.4, -0.2) is 27.0 Å².